The third-order valence-electron chi connectivity index (χ3n) is 2.97. The van der Waals surface area contributed by atoms with Crippen LogP contribution in [0.5, 0.6) is 0 Å². The number of thiophene rings is 1. The van der Waals surface area contributed by atoms with Crippen LogP contribution in [0.1, 0.15) is 34.1 Å². The Morgan fingerprint density at radius 2 is 1.95 bits per heavy atom. The Hall–Kier alpha value is -1.24. The second kappa shape index (κ2) is 5.63. The van der Waals surface area contributed by atoms with Crippen LogP contribution >= 0.6 is 11.3 Å². The van der Waals surface area contributed by atoms with Crippen LogP contribution in [0.4, 0.5) is 0 Å². The Morgan fingerprint density at radius 3 is 2.50 bits per heavy atom. The average Bonchev–Trinajstić information content (AvgIpc) is 2.69. The molecule has 4 nitrogen and oxygen atoms in total. The fraction of sp³-hybridized carbons (Fsp3) is 0.357. The van der Waals surface area contributed by atoms with Gasteiger partial charge in [-0.2, -0.15) is 0 Å². The molecule has 2 aromatic heterocycles. The van der Waals surface area contributed by atoms with Crippen molar-refractivity contribution in [2.24, 2.45) is 0 Å². The molecule has 6 heteroatoms. The summed E-state index contributed by atoms with van der Waals surface area (Å²) in [6.07, 6.45) is 0. The lowest BCUT2D eigenvalue weighted by atomic mass is 10.2. The molecule has 0 aliphatic rings. The summed E-state index contributed by atoms with van der Waals surface area (Å²) in [6, 6.07) is 6.93. The van der Waals surface area contributed by atoms with Crippen molar-refractivity contribution in [1.82, 2.24) is 9.71 Å². The van der Waals surface area contributed by atoms with E-state index in [-0.39, 0.29) is 6.04 Å². The molecule has 0 spiro atoms. The summed E-state index contributed by atoms with van der Waals surface area (Å²) in [4.78, 5) is 6.51. The van der Waals surface area contributed by atoms with Gasteiger partial charge in [0.2, 0.25) is 10.0 Å². The second-order valence-corrected chi connectivity index (χ2v) is 7.97. The molecule has 1 atom stereocenters. The first kappa shape index (κ1) is 15.2. The second-order valence-electron chi connectivity index (χ2n) is 4.82. The van der Waals surface area contributed by atoms with E-state index in [1.165, 1.54) is 11.3 Å². The van der Waals surface area contributed by atoms with Crippen molar-refractivity contribution in [2.45, 2.75) is 38.6 Å². The third-order valence-corrected chi connectivity index (χ3v) is 5.73. The van der Waals surface area contributed by atoms with Gasteiger partial charge in [0, 0.05) is 15.4 Å². The van der Waals surface area contributed by atoms with E-state index >= 15 is 0 Å². The summed E-state index contributed by atoms with van der Waals surface area (Å²) in [5, 5.41) is 0. The molecule has 0 radical (unpaired) electrons. The van der Waals surface area contributed by atoms with Gasteiger partial charge in [-0.3, -0.25) is 4.98 Å². The van der Waals surface area contributed by atoms with E-state index in [1.807, 2.05) is 39.0 Å². The monoisotopic (exact) mass is 310 g/mol. The number of nitrogens with one attached hydrogen (secondary N) is 1. The lowest BCUT2D eigenvalue weighted by Crippen LogP contribution is -2.27. The highest BCUT2D eigenvalue weighted by Crippen LogP contribution is 2.26. The maximum Gasteiger partial charge on any atom is 0.242 e. The van der Waals surface area contributed by atoms with Crippen LogP contribution in [0.2, 0.25) is 0 Å². The van der Waals surface area contributed by atoms with Crippen molar-refractivity contribution in [3.8, 4) is 0 Å². The minimum absolute atomic E-state index is 0.361. The Morgan fingerprint density at radius 1 is 1.25 bits per heavy atom. The third kappa shape index (κ3) is 3.26. The molecule has 20 heavy (non-hydrogen) atoms. The van der Waals surface area contributed by atoms with Crippen LogP contribution in [0.15, 0.2) is 29.2 Å². The summed E-state index contributed by atoms with van der Waals surface area (Å²) in [5.74, 6) is 0. The minimum atomic E-state index is -3.51. The van der Waals surface area contributed by atoms with Crippen molar-refractivity contribution < 1.29 is 8.42 Å². The number of rotatable bonds is 4. The summed E-state index contributed by atoms with van der Waals surface area (Å²) in [5.41, 5.74) is 1.59. The molecular weight excluding hydrogens is 292 g/mol. The smallest absolute Gasteiger partial charge is 0.242 e. The Labute approximate surface area is 123 Å². The molecule has 2 aromatic rings. The molecule has 0 fully saturated rings. The molecule has 0 saturated carbocycles. The standard InChI is InChI=1S/C14H18N2O2S2/c1-9-6-5-7-13(15-9)11(3)16-20(17,18)14-8-10(2)19-12(14)4/h5-8,11,16H,1-4H3/t11-/m0/s1. The van der Waals surface area contributed by atoms with Crippen LogP contribution in [0.25, 0.3) is 0 Å². The SMILES string of the molecule is Cc1cccc([C@H](C)NS(=O)(=O)c2cc(C)sc2C)n1. The van der Waals surface area contributed by atoms with Gasteiger partial charge >= 0.3 is 0 Å². The van der Waals surface area contributed by atoms with Gasteiger partial charge in [-0.1, -0.05) is 6.07 Å². The number of sulfonamides is 1. The van der Waals surface area contributed by atoms with Crippen molar-refractivity contribution in [2.75, 3.05) is 0 Å². The molecule has 0 aliphatic carbocycles. The molecule has 1 N–H and O–H groups in total. The van der Waals surface area contributed by atoms with Gasteiger partial charge in [0.25, 0.3) is 0 Å². The molecule has 2 heterocycles. The normalized spacial score (nSPS) is 13.4. The summed E-state index contributed by atoms with van der Waals surface area (Å²) in [7, 11) is -3.51. The van der Waals surface area contributed by atoms with Gasteiger partial charge in [-0.05, 0) is 45.9 Å². The highest BCUT2D eigenvalue weighted by atomic mass is 32.2. The first-order valence-corrected chi connectivity index (χ1v) is 8.62. The Balaban J connectivity index is 2.27. The van der Waals surface area contributed by atoms with E-state index < -0.39 is 10.0 Å². The number of aromatic nitrogens is 1. The summed E-state index contributed by atoms with van der Waals surface area (Å²) >= 11 is 1.49. The van der Waals surface area contributed by atoms with Crippen LogP contribution in [-0.4, -0.2) is 13.4 Å². The maximum absolute atomic E-state index is 12.4. The van der Waals surface area contributed by atoms with Crippen LogP contribution in [0.3, 0.4) is 0 Å². The first-order chi connectivity index (χ1) is 9.29. The highest BCUT2D eigenvalue weighted by Gasteiger charge is 2.22. The van der Waals surface area contributed by atoms with Crippen LogP contribution < -0.4 is 4.72 Å². The van der Waals surface area contributed by atoms with Gasteiger partial charge in [0.1, 0.15) is 0 Å². The Kier molecular flexibility index (Phi) is 4.27. The van der Waals surface area contributed by atoms with Crippen molar-refractivity contribution >= 4 is 21.4 Å². The van der Waals surface area contributed by atoms with E-state index in [0.29, 0.717) is 4.90 Å². The van der Waals surface area contributed by atoms with Crippen molar-refractivity contribution in [3.05, 3.63) is 45.4 Å². The molecule has 2 rings (SSSR count). The number of hydrogen-bond donors (Lipinski definition) is 1. The molecule has 0 amide bonds. The predicted molar refractivity (Wildman–Crippen MR) is 81.5 cm³/mol. The number of hydrogen-bond acceptors (Lipinski definition) is 4. The lowest BCUT2D eigenvalue weighted by Gasteiger charge is -2.14. The van der Waals surface area contributed by atoms with E-state index in [9.17, 15) is 8.42 Å². The largest absolute Gasteiger partial charge is 0.256 e. The number of pyridine rings is 1. The lowest BCUT2D eigenvalue weighted by molar-refractivity contribution is 0.563. The van der Waals surface area contributed by atoms with Gasteiger partial charge < -0.3 is 0 Å². The minimum Gasteiger partial charge on any atom is -0.256 e. The molecular formula is C14H18N2O2S2. The van der Waals surface area contributed by atoms with Crippen molar-refractivity contribution in [3.63, 3.8) is 0 Å². The van der Waals surface area contributed by atoms with Crippen molar-refractivity contribution in [1.29, 1.82) is 0 Å². The van der Waals surface area contributed by atoms with Crippen LogP contribution in [0, 0.1) is 20.8 Å². The fourth-order valence-electron chi connectivity index (χ4n) is 2.04. The Bertz CT molecular complexity index is 721. The average molecular weight is 310 g/mol. The molecule has 0 unspecified atom stereocenters. The van der Waals surface area contributed by atoms with Gasteiger partial charge in [0.15, 0.2) is 0 Å². The fourth-order valence-corrected chi connectivity index (χ4v) is 4.81. The van der Waals surface area contributed by atoms with Gasteiger partial charge in [-0.15, -0.1) is 11.3 Å². The van der Waals surface area contributed by atoms with Gasteiger partial charge in [0.05, 0.1) is 16.6 Å². The van der Waals surface area contributed by atoms with Crippen LogP contribution in [-0.2, 0) is 10.0 Å². The topological polar surface area (TPSA) is 59.1 Å². The van der Waals surface area contributed by atoms with E-state index in [4.69, 9.17) is 0 Å². The van der Waals surface area contributed by atoms with E-state index in [2.05, 4.69) is 9.71 Å². The molecule has 108 valence electrons. The zero-order chi connectivity index (χ0) is 14.9. The summed E-state index contributed by atoms with van der Waals surface area (Å²) < 4.78 is 27.5. The number of aryl methyl sites for hydroxylation is 3. The van der Waals surface area contributed by atoms with E-state index in [0.717, 1.165) is 21.1 Å². The summed E-state index contributed by atoms with van der Waals surface area (Å²) in [6.45, 7) is 7.41. The quantitative estimate of drug-likeness (QED) is 0.944. The molecule has 0 aromatic carbocycles. The van der Waals surface area contributed by atoms with Gasteiger partial charge in [-0.25, -0.2) is 13.1 Å². The molecule has 0 saturated heterocycles. The molecule has 0 aliphatic heterocycles. The molecule has 0 bridgehead atoms. The highest BCUT2D eigenvalue weighted by molar-refractivity contribution is 7.89. The first-order valence-electron chi connectivity index (χ1n) is 6.32. The maximum atomic E-state index is 12.4. The zero-order valence-corrected chi connectivity index (χ0v) is 13.6. The predicted octanol–water partition coefficient (Wildman–Crippen LogP) is 3.11. The van der Waals surface area contributed by atoms with E-state index in [1.54, 1.807) is 13.0 Å². The number of nitrogens with zero attached hydrogens (tertiary/aromatic N) is 1. The zero-order valence-electron chi connectivity index (χ0n) is 12.0.